The van der Waals surface area contributed by atoms with Crippen molar-refractivity contribution in [2.75, 3.05) is 13.2 Å². The van der Waals surface area contributed by atoms with Gasteiger partial charge in [0.25, 0.3) is 0 Å². The number of amides is 1. The number of nitrogens with zero attached hydrogens (tertiary/aromatic N) is 1. The molecule has 7 heteroatoms. The second kappa shape index (κ2) is 9.88. The van der Waals surface area contributed by atoms with Crippen molar-refractivity contribution >= 4 is 33.6 Å². The van der Waals surface area contributed by atoms with Gasteiger partial charge in [0.2, 0.25) is 0 Å². The van der Waals surface area contributed by atoms with E-state index < -0.39 is 20.0 Å². The Morgan fingerprint density at radius 1 is 1.12 bits per heavy atom. The zero-order valence-corrected chi connectivity index (χ0v) is 23.6. The molecule has 2 saturated heterocycles. The predicted molar refractivity (Wildman–Crippen MR) is 139 cm³/mol. The molecule has 4 atom stereocenters. The van der Waals surface area contributed by atoms with Crippen LogP contribution in [0.3, 0.4) is 0 Å². The van der Waals surface area contributed by atoms with Gasteiger partial charge in [-0.15, -0.1) is 0 Å². The van der Waals surface area contributed by atoms with E-state index in [-0.39, 0.29) is 36.8 Å². The Balaban J connectivity index is 1.57. The van der Waals surface area contributed by atoms with E-state index in [0.717, 1.165) is 12.0 Å². The first-order chi connectivity index (χ1) is 16.0. The molecule has 5 nitrogen and oxygen atoms in total. The topological polar surface area (TPSA) is 59.0 Å². The van der Waals surface area contributed by atoms with Crippen LogP contribution in [0.4, 0.5) is 0 Å². The fraction of sp³-hybridized carbons (Fsp3) is 0.519. The molecule has 0 radical (unpaired) electrons. The van der Waals surface area contributed by atoms with Crippen molar-refractivity contribution in [1.29, 1.82) is 0 Å². The number of aliphatic hydroxyl groups excluding tert-OH is 1. The molecule has 2 fully saturated rings. The molecule has 0 bridgehead atoms. The second-order valence-electron chi connectivity index (χ2n) is 10.9. The van der Waals surface area contributed by atoms with E-state index >= 15 is 0 Å². The molecule has 1 unspecified atom stereocenters. The van der Waals surface area contributed by atoms with Crippen LogP contribution in [-0.2, 0) is 20.5 Å². The zero-order chi connectivity index (χ0) is 24.6. The Hall–Kier alpha value is -1.47. The average Bonchev–Trinajstić information content (AvgIpc) is 3.27. The Morgan fingerprint density at radius 2 is 1.74 bits per heavy atom. The summed E-state index contributed by atoms with van der Waals surface area (Å²) in [6.07, 6.45) is -0.317. The van der Waals surface area contributed by atoms with Gasteiger partial charge < -0.3 is 0 Å². The molecule has 2 aliphatic rings. The number of β-amino-alcohol motifs (C(OH)–C–C–N with tert-alkyl or cyclic N) is 1. The van der Waals surface area contributed by atoms with E-state index in [2.05, 4.69) is 46.0 Å². The molecule has 0 saturated carbocycles. The summed E-state index contributed by atoms with van der Waals surface area (Å²) in [5.41, 5.74) is -0.132. The van der Waals surface area contributed by atoms with Crippen LogP contribution in [0.2, 0.25) is 22.9 Å². The number of benzene rings is 2. The summed E-state index contributed by atoms with van der Waals surface area (Å²) in [6, 6.07) is 20.3. The molecule has 1 amide bonds. The number of carbonyl (C=O) groups is 1. The van der Waals surface area contributed by atoms with Crippen molar-refractivity contribution < 1.29 is 19.1 Å². The minimum atomic E-state index is -1.95. The molecule has 1 N–H and O–H groups in total. The van der Waals surface area contributed by atoms with Crippen molar-refractivity contribution in [1.82, 2.24) is 4.90 Å². The monoisotopic (exact) mass is 547 g/mol. The summed E-state index contributed by atoms with van der Waals surface area (Å²) in [7, 11) is -1.95. The van der Waals surface area contributed by atoms with Gasteiger partial charge in [-0.3, -0.25) is 0 Å². The van der Waals surface area contributed by atoms with Gasteiger partial charge >= 0.3 is 211 Å². The third-order valence-corrected chi connectivity index (χ3v) is 14.9. The van der Waals surface area contributed by atoms with Gasteiger partial charge in [0.1, 0.15) is 0 Å². The summed E-state index contributed by atoms with van der Waals surface area (Å²) in [5, 5.41) is 11.4. The Labute approximate surface area is 211 Å². The number of hydrogen-bond donors (Lipinski definition) is 1. The molecule has 0 aliphatic carbocycles. The quantitative estimate of drug-likeness (QED) is 0.538. The van der Waals surface area contributed by atoms with Crippen molar-refractivity contribution in [2.45, 2.75) is 74.5 Å². The van der Waals surface area contributed by atoms with Crippen LogP contribution in [0.1, 0.15) is 32.8 Å². The van der Waals surface area contributed by atoms with Crippen LogP contribution in [-0.4, -0.2) is 70.1 Å². The molecule has 2 heterocycles. The fourth-order valence-electron chi connectivity index (χ4n) is 4.47. The molecule has 2 aliphatic heterocycles. The summed E-state index contributed by atoms with van der Waals surface area (Å²) in [5.74, 6) is -0.0820. The zero-order valence-electron chi connectivity index (χ0n) is 20.9. The van der Waals surface area contributed by atoms with Crippen LogP contribution in [0.25, 0.3) is 0 Å². The molecule has 4 rings (SSSR count). The maximum absolute atomic E-state index is 13.9. The number of aliphatic hydroxyl groups is 1. The summed E-state index contributed by atoms with van der Waals surface area (Å²) in [6.45, 7) is 12.4. The molecule has 0 aromatic heterocycles. The number of ether oxygens (including phenoxy) is 1. The van der Waals surface area contributed by atoms with Crippen molar-refractivity contribution in [3.8, 4) is 0 Å². The minimum absolute atomic E-state index is 0.00756. The summed E-state index contributed by atoms with van der Waals surface area (Å²) >= 11 is -0.00756. The Morgan fingerprint density at radius 3 is 2.35 bits per heavy atom. The Bertz CT molecular complexity index is 981. The predicted octanol–water partition coefficient (Wildman–Crippen LogP) is 3.76. The van der Waals surface area contributed by atoms with Gasteiger partial charge in [0, 0.05) is 0 Å². The summed E-state index contributed by atoms with van der Waals surface area (Å²) < 4.78 is 14.3. The number of rotatable bonds is 7. The fourth-order valence-corrected chi connectivity index (χ4v) is 8.53. The van der Waals surface area contributed by atoms with E-state index in [0.29, 0.717) is 19.7 Å². The normalized spacial score (nSPS) is 27.6. The molecular formula is C27H37NO4SeSi. The van der Waals surface area contributed by atoms with E-state index in [9.17, 15) is 9.90 Å². The van der Waals surface area contributed by atoms with Crippen LogP contribution in [0.5, 0.6) is 0 Å². The molecular weight excluding hydrogens is 509 g/mol. The SMILES string of the molecule is CC(C)(C)[Si](C)(C)OC[C@@H]1C[C@@H]([Se]c2ccccc2)C2(O1)C(=O)N(Cc1ccccc1)C[C@H]2O. The third kappa shape index (κ3) is 5.06. The molecule has 2 aromatic carbocycles. The van der Waals surface area contributed by atoms with E-state index in [4.69, 9.17) is 9.16 Å². The van der Waals surface area contributed by atoms with Gasteiger partial charge in [-0.2, -0.15) is 0 Å². The molecule has 2 aromatic rings. The van der Waals surface area contributed by atoms with E-state index in [1.807, 2.05) is 48.5 Å². The van der Waals surface area contributed by atoms with Crippen LogP contribution in [0, 0.1) is 0 Å². The van der Waals surface area contributed by atoms with Crippen molar-refractivity contribution in [3.05, 3.63) is 66.2 Å². The van der Waals surface area contributed by atoms with E-state index in [1.54, 1.807) is 4.90 Å². The standard InChI is InChI=1S/C27H37NO4SeSi/c1-26(2,3)34(4,5)31-19-21-16-24(33-22-14-10-7-11-15-22)27(32-21)23(29)18-28(25(27)30)17-20-12-8-6-9-13-20/h6-15,21,23-24,29H,16-19H2,1-5H3/t21-,23+,24+,27?/m0/s1. The molecule has 1 spiro atoms. The van der Waals surface area contributed by atoms with Gasteiger partial charge in [-0.25, -0.2) is 0 Å². The van der Waals surface area contributed by atoms with Crippen LogP contribution in [0.15, 0.2) is 60.7 Å². The molecule has 34 heavy (non-hydrogen) atoms. The maximum atomic E-state index is 13.9. The Kier molecular flexibility index (Phi) is 7.44. The van der Waals surface area contributed by atoms with Crippen LogP contribution < -0.4 is 4.46 Å². The summed E-state index contributed by atoms with van der Waals surface area (Å²) in [4.78, 5) is 15.6. The molecule has 184 valence electrons. The number of likely N-dealkylation sites (tertiary alicyclic amines) is 1. The van der Waals surface area contributed by atoms with Crippen LogP contribution >= 0.6 is 0 Å². The van der Waals surface area contributed by atoms with Crippen molar-refractivity contribution in [2.24, 2.45) is 0 Å². The average molecular weight is 547 g/mol. The first-order valence-corrected chi connectivity index (χ1v) is 16.8. The van der Waals surface area contributed by atoms with Gasteiger partial charge in [0.05, 0.1) is 0 Å². The number of hydrogen-bond acceptors (Lipinski definition) is 4. The van der Waals surface area contributed by atoms with Crippen molar-refractivity contribution in [3.63, 3.8) is 0 Å². The van der Waals surface area contributed by atoms with Gasteiger partial charge in [-0.05, 0) is 0 Å². The van der Waals surface area contributed by atoms with Gasteiger partial charge in [-0.1, -0.05) is 0 Å². The third-order valence-electron chi connectivity index (χ3n) is 7.50. The first-order valence-electron chi connectivity index (χ1n) is 12.1. The first kappa shape index (κ1) is 25.6. The second-order valence-corrected chi connectivity index (χ2v) is 18.4. The number of carbonyl (C=O) groups excluding carboxylic acids is 1. The van der Waals surface area contributed by atoms with E-state index in [1.165, 1.54) is 4.46 Å². The van der Waals surface area contributed by atoms with Gasteiger partial charge in [0.15, 0.2) is 0 Å².